The minimum Gasteiger partial charge on any atom is -0.394 e. The molecular weight excluding hydrogens is 268 g/mol. The molecule has 0 saturated heterocycles. The van der Waals surface area contributed by atoms with Crippen molar-refractivity contribution >= 4 is 16.9 Å². The van der Waals surface area contributed by atoms with Crippen molar-refractivity contribution in [2.24, 2.45) is 0 Å². The molecule has 2 aromatic rings. The summed E-state index contributed by atoms with van der Waals surface area (Å²) >= 11 is 0. The highest BCUT2D eigenvalue weighted by molar-refractivity contribution is 5.86. The molecule has 0 aliphatic carbocycles. The van der Waals surface area contributed by atoms with Crippen LogP contribution in [0.5, 0.6) is 0 Å². The highest BCUT2D eigenvalue weighted by Crippen LogP contribution is 2.26. The van der Waals surface area contributed by atoms with Gasteiger partial charge in [-0.25, -0.2) is 9.97 Å². The molecule has 0 amide bonds. The van der Waals surface area contributed by atoms with Gasteiger partial charge in [0.1, 0.15) is 23.9 Å². The fourth-order valence-electron chi connectivity index (χ4n) is 1.93. The zero-order valence-corrected chi connectivity index (χ0v) is 10.7. The zero-order valence-electron chi connectivity index (χ0n) is 10.7. The van der Waals surface area contributed by atoms with Crippen molar-refractivity contribution in [2.75, 3.05) is 19.5 Å². The number of methoxy groups -OCH3 is 1. The van der Waals surface area contributed by atoms with E-state index in [1.807, 2.05) is 0 Å². The van der Waals surface area contributed by atoms with E-state index in [0.29, 0.717) is 5.39 Å². The van der Waals surface area contributed by atoms with Crippen molar-refractivity contribution < 1.29 is 25.2 Å². The second kappa shape index (κ2) is 5.31. The first-order chi connectivity index (χ1) is 9.43. The van der Waals surface area contributed by atoms with Gasteiger partial charge in [-0.05, 0) is 6.07 Å². The van der Waals surface area contributed by atoms with Crippen molar-refractivity contribution in [3.63, 3.8) is 0 Å². The lowest BCUT2D eigenvalue weighted by atomic mass is 10.1. The number of nitrogens with two attached hydrogens (primary N) is 1. The van der Waals surface area contributed by atoms with Crippen LogP contribution in [0.1, 0.15) is 0 Å². The fourth-order valence-corrected chi connectivity index (χ4v) is 1.93. The van der Waals surface area contributed by atoms with Crippen molar-refractivity contribution in [2.45, 2.75) is 18.1 Å². The van der Waals surface area contributed by atoms with E-state index in [0.717, 1.165) is 10.9 Å². The first-order valence-corrected chi connectivity index (χ1v) is 5.78. The lowest BCUT2D eigenvalue weighted by molar-refractivity contribution is -0.305. The summed E-state index contributed by atoms with van der Waals surface area (Å²) in [6.45, 7) is -0.586. The summed E-state index contributed by atoms with van der Waals surface area (Å²) in [6, 6.07) is 1.49. The van der Waals surface area contributed by atoms with Crippen LogP contribution in [0.4, 0.5) is 5.82 Å². The average Bonchev–Trinajstić information content (AvgIpc) is 2.86. The van der Waals surface area contributed by atoms with Gasteiger partial charge in [0.15, 0.2) is 6.10 Å². The molecule has 2 atom stereocenters. The monoisotopic (exact) mass is 284 g/mol. The molecule has 0 bridgehead atoms. The van der Waals surface area contributed by atoms with Crippen LogP contribution in [0.3, 0.4) is 0 Å². The van der Waals surface area contributed by atoms with E-state index in [4.69, 9.17) is 15.6 Å². The van der Waals surface area contributed by atoms with Gasteiger partial charge >= 0.3 is 0 Å². The molecule has 0 aliphatic heterocycles. The number of nitrogens with zero attached hydrogens (tertiary/aromatic N) is 3. The predicted molar refractivity (Wildman–Crippen MR) is 68.2 cm³/mol. The molecule has 20 heavy (non-hydrogen) atoms. The van der Waals surface area contributed by atoms with E-state index >= 15 is 0 Å². The Labute approximate surface area is 113 Å². The number of aliphatic hydroxyl groups is 4. The van der Waals surface area contributed by atoms with Crippen LogP contribution in [0.15, 0.2) is 18.6 Å². The Morgan fingerprint density at radius 3 is 2.75 bits per heavy atom. The zero-order chi connectivity index (χ0) is 14.9. The third kappa shape index (κ3) is 2.21. The normalized spacial score (nSPS) is 15.4. The molecule has 0 aromatic carbocycles. The van der Waals surface area contributed by atoms with Crippen molar-refractivity contribution in [1.82, 2.24) is 14.5 Å². The lowest BCUT2D eigenvalue weighted by Crippen LogP contribution is -2.52. The minimum absolute atomic E-state index is 0.134. The van der Waals surface area contributed by atoms with E-state index in [9.17, 15) is 15.3 Å². The molecule has 110 valence electrons. The molecule has 0 saturated carbocycles. The maximum Gasteiger partial charge on any atom is 0.281 e. The first kappa shape index (κ1) is 14.6. The summed E-state index contributed by atoms with van der Waals surface area (Å²) in [5.41, 5.74) is 5.78. The van der Waals surface area contributed by atoms with E-state index in [-0.39, 0.29) is 11.5 Å². The van der Waals surface area contributed by atoms with Gasteiger partial charge < -0.3 is 30.9 Å². The summed E-state index contributed by atoms with van der Waals surface area (Å²) in [7, 11) is 1.23. The topological polar surface area (TPSA) is 147 Å². The van der Waals surface area contributed by atoms with E-state index in [1.165, 1.54) is 19.4 Å². The number of ether oxygens (including phenoxy) is 1. The molecule has 0 spiro atoms. The largest absolute Gasteiger partial charge is 0.394 e. The number of fused-ring (bicyclic) bond motifs is 1. The molecule has 0 fully saturated rings. The third-order valence-corrected chi connectivity index (χ3v) is 3.10. The van der Waals surface area contributed by atoms with Crippen LogP contribution in [0, 0.1) is 0 Å². The average molecular weight is 284 g/mol. The molecule has 9 heteroatoms. The van der Waals surface area contributed by atoms with Crippen molar-refractivity contribution in [1.29, 1.82) is 0 Å². The fraction of sp³-hybridized carbons (Fsp3) is 0.455. The van der Waals surface area contributed by atoms with Gasteiger partial charge in [0.25, 0.3) is 5.91 Å². The molecular formula is C11H16N4O5. The Balaban J connectivity index is 2.49. The highest BCUT2D eigenvalue weighted by atomic mass is 16.6. The number of aliphatic hydroxyl groups excluding tert-OH is 2. The SMILES string of the molecule is CO[C@H](CO)[C@@H](O)C(O)(O)n1ccc2c(N)ncnc21. The summed E-state index contributed by atoms with van der Waals surface area (Å²) in [5, 5.41) is 39.7. The summed E-state index contributed by atoms with van der Waals surface area (Å²) in [6.07, 6.45) is -0.523. The van der Waals surface area contributed by atoms with Gasteiger partial charge in [-0.15, -0.1) is 0 Å². The predicted octanol–water partition coefficient (Wildman–Crippen LogP) is -2.02. The van der Waals surface area contributed by atoms with E-state index < -0.39 is 24.7 Å². The molecule has 2 aromatic heterocycles. The molecule has 0 unspecified atom stereocenters. The molecule has 0 radical (unpaired) electrons. The Hall–Kier alpha value is -1.78. The molecule has 2 heterocycles. The van der Waals surface area contributed by atoms with Gasteiger partial charge in [0.05, 0.1) is 12.0 Å². The third-order valence-electron chi connectivity index (χ3n) is 3.10. The molecule has 6 N–H and O–H groups in total. The number of rotatable bonds is 5. The maximum absolute atomic E-state index is 10.1. The number of nitrogen functional groups attached to an aromatic ring is 1. The Morgan fingerprint density at radius 1 is 1.45 bits per heavy atom. The van der Waals surface area contributed by atoms with Crippen LogP contribution in [0.2, 0.25) is 0 Å². The van der Waals surface area contributed by atoms with Crippen molar-refractivity contribution in [3.05, 3.63) is 18.6 Å². The number of anilines is 1. The Kier molecular flexibility index (Phi) is 3.88. The van der Waals surface area contributed by atoms with Gasteiger partial charge in [-0.1, -0.05) is 0 Å². The van der Waals surface area contributed by atoms with Crippen LogP contribution >= 0.6 is 0 Å². The van der Waals surface area contributed by atoms with Crippen molar-refractivity contribution in [3.8, 4) is 0 Å². The Bertz CT molecular complexity index is 596. The highest BCUT2D eigenvalue weighted by Gasteiger charge is 2.41. The molecule has 0 aliphatic rings. The number of hydrogen-bond donors (Lipinski definition) is 5. The van der Waals surface area contributed by atoms with Crippen LogP contribution in [-0.2, 0) is 10.6 Å². The van der Waals surface area contributed by atoms with Gasteiger partial charge in [-0.3, -0.25) is 4.57 Å². The van der Waals surface area contributed by atoms with Gasteiger partial charge in [0.2, 0.25) is 0 Å². The summed E-state index contributed by atoms with van der Waals surface area (Å²) in [4.78, 5) is 7.68. The number of hydrogen-bond acceptors (Lipinski definition) is 8. The van der Waals surface area contributed by atoms with E-state index in [2.05, 4.69) is 9.97 Å². The summed E-state index contributed by atoms with van der Waals surface area (Å²) < 4.78 is 5.71. The Morgan fingerprint density at radius 2 is 2.15 bits per heavy atom. The number of aromatic nitrogens is 3. The van der Waals surface area contributed by atoms with Crippen LogP contribution in [0.25, 0.3) is 11.0 Å². The first-order valence-electron chi connectivity index (χ1n) is 5.78. The lowest BCUT2D eigenvalue weighted by Gasteiger charge is -2.32. The second-order valence-electron chi connectivity index (χ2n) is 4.27. The second-order valence-corrected chi connectivity index (χ2v) is 4.27. The minimum atomic E-state index is -2.73. The van der Waals surface area contributed by atoms with Crippen LogP contribution < -0.4 is 5.73 Å². The maximum atomic E-state index is 10.1. The summed E-state index contributed by atoms with van der Waals surface area (Å²) in [5.74, 6) is -2.56. The van der Waals surface area contributed by atoms with Gasteiger partial charge in [0, 0.05) is 13.3 Å². The van der Waals surface area contributed by atoms with Crippen LogP contribution in [-0.4, -0.2) is 60.9 Å². The van der Waals surface area contributed by atoms with E-state index in [1.54, 1.807) is 0 Å². The quantitative estimate of drug-likeness (QED) is 0.395. The molecule has 9 nitrogen and oxygen atoms in total. The smallest absolute Gasteiger partial charge is 0.281 e. The molecule has 2 rings (SSSR count). The standard InChI is InChI=1S/C11H16N4O5/c1-20-7(4-16)8(17)11(18,19)15-3-2-6-9(12)13-5-14-10(6)15/h2-3,5,7-8,16-19H,4H2,1H3,(H2,12,13,14)/t7-,8-/m1/s1. The van der Waals surface area contributed by atoms with Gasteiger partial charge in [-0.2, -0.15) is 0 Å².